The van der Waals surface area contributed by atoms with Crippen LogP contribution in [0.3, 0.4) is 0 Å². The Hall–Kier alpha value is -2.88. The molecule has 2 amide bonds. The molecule has 1 N–H and O–H groups in total. The number of hydrogen-bond donors (Lipinski definition) is 1. The molecule has 0 radical (unpaired) electrons. The van der Waals surface area contributed by atoms with E-state index >= 15 is 0 Å². The first-order valence-electron chi connectivity index (χ1n) is 9.43. The zero-order chi connectivity index (χ0) is 19.2. The molecule has 4 heteroatoms. The minimum absolute atomic E-state index is 0.00691. The molecule has 3 rings (SSSR count). The van der Waals surface area contributed by atoms with Gasteiger partial charge in [0.1, 0.15) is 0 Å². The van der Waals surface area contributed by atoms with Gasteiger partial charge in [0.2, 0.25) is 11.8 Å². The molecule has 2 aromatic carbocycles. The van der Waals surface area contributed by atoms with E-state index in [-0.39, 0.29) is 17.7 Å². The lowest BCUT2D eigenvalue weighted by Gasteiger charge is -2.31. The van der Waals surface area contributed by atoms with Crippen molar-refractivity contribution in [1.29, 1.82) is 0 Å². The molecule has 0 spiro atoms. The molecule has 0 unspecified atom stereocenters. The molecule has 1 heterocycles. The topological polar surface area (TPSA) is 49.4 Å². The van der Waals surface area contributed by atoms with Gasteiger partial charge in [0.15, 0.2) is 0 Å². The van der Waals surface area contributed by atoms with Gasteiger partial charge in [-0.15, -0.1) is 0 Å². The molecule has 0 saturated carbocycles. The number of benzene rings is 2. The lowest BCUT2D eigenvalue weighted by Crippen LogP contribution is -2.40. The summed E-state index contributed by atoms with van der Waals surface area (Å²) in [6.07, 6.45) is 4.85. The Morgan fingerprint density at radius 3 is 2.22 bits per heavy atom. The predicted molar refractivity (Wildman–Crippen MR) is 109 cm³/mol. The van der Waals surface area contributed by atoms with Crippen LogP contribution in [0.2, 0.25) is 0 Å². The highest BCUT2D eigenvalue weighted by molar-refractivity contribution is 5.95. The minimum atomic E-state index is -0.0499. The number of aryl methyl sites for hydroxylation is 2. The van der Waals surface area contributed by atoms with Crippen LogP contribution in [0.1, 0.15) is 29.5 Å². The van der Waals surface area contributed by atoms with Crippen LogP contribution < -0.4 is 5.32 Å². The number of rotatable bonds is 4. The van der Waals surface area contributed by atoms with E-state index in [1.165, 1.54) is 0 Å². The second-order valence-corrected chi connectivity index (χ2v) is 7.10. The maximum absolute atomic E-state index is 12.6. The maximum atomic E-state index is 12.6. The molecule has 0 atom stereocenters. The largest absolute Gasteiger partial charge is 0.339 e. The maximum Gasteiger partial charge on any atom is 0.246 e. The number of amides is 2. The molecule has 1 aliphatic rings. The molecule has 1 saturated heterocycles. The fraction of sp³-hybridized carbons (Fsp3) is 0.304. The van der Waals surface area contributed by atoms with E-state index in [9.17, 15) is 9.59 Å². The normalized spacial score (nSPS) is 15.1. The standard InChI is InChI=1S/C23H26N2O2/c1-17-7-6-8-18(2)22(17)24-23(27)20-13-15-25(16-14-20)21(26)12-11-19-9-4-3-5-10-19/h3-12,20H,13-16H2,1-2H3,(H,24,27)/b12-11+. The Balaban J connectivity index is 1.53. The van der Waals surface area contributed by atoms with Crippen LogP contribution in [0, 0.1) is 19.8 Å². The van der Waals surface area contributed by atoms with Gasteiger partial charge in [-0.3, -0.25) is 9.59 Å². The van der Waals surface area contributed by atoms with Gasteiger partial charge < -0.3 is 10.2 Å². The molecular weight excluding hydrogens is 336 g/mol. The van der Waals surface area contributed by atoms with Crippen LogP contribution in [-0.2, 0) is 9.59 Å². The summed E-state index contributed by atoms with van der Waals surface area (Å²) in [5, 5.41) is 3.08. The van der Waals surface area contributed by atoms with Gasteiger partial charge in [0, 0.05) is 30.8 Å². The van der Waals surface area contributed by atoms with Crippen molar-refractivity contribution in [2.45, 2.75) is 26.7 Å². The third-order valence-corrected chi connectivity index (χ3v) is 5.12. The van der Waals surface area contributed by atoms with Crippen molar-refractivity contribution in [3.8, 4) is 0 Å². The van der Waals surface area contributed by atoms with Crippen LogP contribution in [-0.4, -0.2) is 29.8 Å². The van der Waals surface area contributed by atoms with Gasteiger partial charge >= 0.3 is 0 Å². The molecule has 2 aromatic rings. The fourth-order valence-electron chi connectivity index (χ4n) is 3.44. The molecule has 27 heavy (non-hydrogen) atoms. The van der Waals surface area contributed by atoms with Gasteiger partial charge in [-0.2, -0.15) is 0 Å². The quantitative estimate of drug-likeness (QED) is 0.829. The number of piperidine rings is 1. The molecule has 0 aromatic heterocycles. The third-order valence-electron chi connectivity index (χ3n) is 5.12. The van der Waals surface area contributed by atoms with E-state index in [4.69, 9.17) is 0 Å². The molecule has 1 aliphatic heterocycles. The number of nitrogens with one attached hydrogen (secondary N) is 1. The highest BCUT2D eigenvalue weighted by Crippen LogP contribution is 2.23. The SMILES string of the molecule is Cc1cccc(C)c1NC(=O)C1CCN(C(=O)/C=C/c2ccccc2)CC1. The second kappa shape index (κ2) is 8.67. The molecule has 1 fully saturated rings. The van der Waals surface area contributed by atoms with Crippen molar-refractivity contribution in [1.82, 2.24) is 4.90 Å². The van der Waals surface area contributed by atoms with Crippen molar-refractivity contribution in [3.63, 3.8) is 0 Å². The minimum Gasteiger partial charge on any atom is -0.339 e. The van der Waals surface area contributed by atoms with E-state index < -0.39 is 0 Å². The van der Waals surface area contributed by atoms with Crippen molar-refractivity contribution < 1.29 is 9.59 Å². The van der Waals surface area contributed by atoms with E-state index in [0.29, 0.717) is 25.9 Å². The van der Waals surface area contributed by atoms with Crippen molar-refractivity contribution >= 4 is 23.6 Å². The zero-order valence-corrected chi connectivity index (χ0v) is 15.9. The van der Waals surface area contributed by atoms with E-state index in [1.807, 2.05) is 73.4 Å². The molecule has 0 bridgehead atoms. The predicted octanol–water partition coefficient (Wildman–Crippen LogP) is 4.19. The number of likely N-dealkylation sites (tertiary alicyclic amines) is 1. The first kappa shape index (κ1) is 18.9. The van der Waals surface area contributed by atoms with E-state index in [0.717, 1.165) is 22.4 Å². The summed E-state index contributed by atoms with van der Waals surface area (Å²) in [6.45, 7) is 5.23. The Morgan fingerprint density at radius 2 is 1.59 bits per heavy atom. The smallest absolute Gasteiger partial charge is 0.246 e. The van der Waals surface area contributed by atoms with Gasteiger partial charge in [-0.05, 0) is 49.5 Å². The van der Waals surface area contributed by atoms with Crippen LogP contribution in [0.25, 0.3) is 6.08 Å². The molecular formula is C23H26N2O2. The van der Waals surface area contributed by atoms with Crippen LogP contribution in [0.5, 0.6) is 0 Å². The average molecular weight is 362 g/mol. The second-order valence-electron chi connectivity index (χ2n) is 7.10. The van der Waals surface area contributed by atoms with Gasteiger partial charge in [-0.25, -0.2) is 0 Å². The first-order valence-corrected chi connectivity index (χ1v) is 9.43. The van der Waals surface area contributed by atoms with Gasteiger partial charge in [0.25, 0.3) is 0 Å². The van der Waals surface area contributed by atoms with Crippen molar-refractivity contribution in [2.24, 2.45) is 5.92 Å². The number of hydrogen-bond acceptors (Lipinski definition) is 2. The van der Waals surface area contributed by atoms with Gasteiger partial charge in [0.05, 0.1) is 0 Å². The average Bonchev–Trinajstić information content (AvgIpc) is 2.70. The van der Waals surface area contributed by atoms with Crippen LogP contribution in [0.4, 0.5) is 5.69 Å². The summed E-state index contributed by atoms with van der Waals surface area (Å²) in [7, 11) is 0. The molecule has 140 valence electrons. The lowest BCUT2D eigenvalue weighted by molar-refractivity contribution is -0.130. The lowest BCUT2D eigenvalue weighted by atomic mass is 9.95. The highest BCUT2D eigenvalue weighted by Gasteiger charge is 2.27. The number of nitrogens with zero attached hydrogens (tertiary/aromatic N) is 1. The number of carbonyl (C=O) groups excluding carboxylic acids is 2. The van der Waals surface area contributed by atoms with Crippen molar-refractivity contribution in [3.05, 3.63) is 71.3 Å². The van der Waals surface area contributed by atoms with Gasteiger partial charge in [-0.1, -0.05) is 48.5 Å². The summed E-state index contributed by atoms with van der Waals surface area (Å²) in [6, 6.07) is 15.8. The molecule has 4 nitrogen and oxygen atoms in total. The fourth-order valence-corrected chi connectivity index (χ4v) is 3.44. The van der Waals surface area contributed by atoms with Crippen LogP contribution in [0.15, 0.2) is 54.6 Å². The summed E-state index contributed by atoms with van der Waals surface area (Å²) in [5.74, 6) is 0.0120. The summed E-state index contributed by atoms with van der Waals surface area (Å²) >= 11 is 0. The zero-order valence-electron chi connectivity index (χ0n) is 15.9. The van der Waals surface area contributed by atoms with Crippen molar-refractivity contribution in [2.75, 3.05) is 18.4 Å². The molecule has 0 aliphatic carbocycles. The van der Waals surface area contributed by atoms with E-state index in [1.54, 1.807) is 6.08 Å². The first-order chi connectivity index (χ1) is 13.0. The Morgan fingerprint density at radius 1 is 0.963 bits per heavy atom. The Kier molecular flexibility index (Phi) is 6.07. The number of anilines is 1. The summed E-state index contributed by atoms with van der Waals surface area (Å²) in [4.78, 5) is 26.8. The van der Waals surface area contributed by atoms with E-state index in [2.05, 4.69) is 5.32 Å². The third kappa shape index (κ3) is 4.85. The number of para-hydroxylation sites is 1. The van der Waals surface area contributed by atoms with Crippen LogP contribution >= 0.6 is 0 Å². The highest BCUT2D eigenvalue weighted by atomic mass is 16.2. The summed E-state index contributed by atoms with van der Waals surface area (Å²) < 4.78 is 0. The summed E-state index contributed by atoms with van der Waals surface area (Å²) in [5.41, 5.74) is 4.06. The Labute approximate surface area is 160 Å². The number of carbonyl (C=O) groups is 2. The monoisotopic (exact) mass is 362 g/mol. The Bertz CT molecular complexity index is 814.